The third kappa shape index (κ3) is 1.87. The van der Waals surface area contributed by atoms with Crippen LogP contribution in [0, 0.1) is 0 Å². The highest BCUT2D eigenvalue weighted by molar-refractivity contribution is 5.46. The Labute approximate surface area is 103 Å². The van der Waals surface area contributed by atoms with Gasteiger partial charge in [0.05, 0.1) is 0 Å². The van der Waals surface area contributed by atoms with E-state index in [9.17, 15) is 9.59 Å². The minimum atomic E-state index is -0.429. The summed E-state index contributed by atoms with van der Waals surface area (Å²) in [6.45, 7) is 3.86. The summed E-state index contributed by atoms with van der Waals surface area (Å²) in [4.78, 5) is 27.5. The first kappa shape index (κ1) is 12.3. The molecule has 0 aromatic carbocycles. The van der Waals surface area contributed by atoms with Crippen LogP contribution in [0.3, 0.4) is 0 Å². The molecule has 0 saturated heterocycles. The van der Waals surface area contributed by atoms with Gasteiger partial charge in [-0.2, -0.15) is 4.98 Å². The Kier molecular flexibility index (Phi) is 2.90. The van der Waals surface area contributed by atoms with Crippen LogP contribution in [0.5, 0.6) is 0 Å². The molecule has 0 amide bonds. The SMILES string of the molecule is CC(C)c1noc(-c2cc(=O)n(C)c(=O)n2C)n1. The zero-order chi connectivity index (χ0) is 13.4. The highest BCUT2D eigenvalue weighted by atomic mass is 16.5. The molecule has 2 aromatic heterocycles. The molecule has 0 aliphatic rings. The molecule has 0 aliphatic heterocycles. The normalized spacial score (nSPS) is 11.2. The number of nitrogens with zero attached hydrogens (tertiary/aromatic N) is 4. The van der Waals surface area contributed by atoms with Crippen LogP contribution in [0.2, 0.25) is 0 Å². The van der Waals surface area contributed by atoms with E-state index in [4.69, 9.17) is 4.52 Å². The van der Waals surface area contributed by atoms with Gasteiger partial charge >= 0.3 is 5.69 Å². The maximum atomic E-state index is 11.8. The van der Waals surface area contributed by atoms with E-state index < -0.39 is 11.2 Å². The monoisotopic (exact) mass is 250 g/mol. The van der Waals surface area contributed by atoms with Crippen molar-refractivity contribution < 1.29 is 4.52 Å². The van der Waals surface area contributed by atoms with Crippen molar-refractivity contribution in [2.24, 2.45) is 14.1 Å². The van der Waals surface area contributed by atoms with Crippen molar-refractivity contribution in [2.75, 3.05) is 0 Å². The quantitative estimate of drug-likeness (QED) is 0.763. The van der Waals surface area contributed by atoms with Crippen LogP contribution in [-0.2, 0) is 14.1 Å². The fraction of sp³-hybridized carbons (Fsp3) is 0.455. The first-order valence-corrected chi connectivity index (χ1v) is 5.53. The fourth-order valence-corrected chi connectivity index (χ4v) is 1.51. The third-order valence-corrected chi connectivity index (χ3v) is 2.70. The average molecular weight is 250 g/mol. The molecule has 18 heavy (non-hydrogen) atoms. The van der Waals surface area contributed by atoms with E-state index in [0.717, 1.165) is 4.57 Å². The third-order valence-electron chi connectivity index (χ3n) is 2.70. The van der Waals surface area contributed by atoms with Crippen LogP contribution >= 0.6 is 0 Å². The molecule has 2 aromatic rings. The van der Waals surface area contributed by atoms with Crippen LogP contribution in [0.1, 0.15) is 25.6 Å². The van der Waals surface area contributed by atoms with Gasteiger partial charge in [0.1, 0.15) is 5.69 Å². The van der Waals surface area contributed by atoms with E-state index in [2.05, 4.69) is 10.1 Å². The molecular weight excluding hydrogens is 236 g/mol. The number of hydrogen-bond donors (Lipinski definition) is 0. The predicted octanol–water partition coefficient (Wildman–Crippen LogP) is 0.257. The molecule has 0 radical (unpaired) electrons. The molecule has 2 heterocycles. The van der Waals surface area contributed by atoms with Crippen molar-refractivity contribution in [3.63, 3.8) is 0 Å². The lowest BCUT2D eigenvalue weighted by atomic mass is 10.2. The second-order valence-corrected chi connectivity index (χ2v) is 4.38. The van der Waals surface area contributed by atoms with Gasteiger partial charge in [0.15, 0.2) is 5.82 Å². The predicted molar refractivity (Wildman–Crippen MR) is 64.3 cm³/mol. The van der Waals surface area contributed by atoms with Gasteiger partial charge in [-0.15, -0.1) is 0 Å². The highest BCUT2D eigenvalue weighted by Gasteiger charge is 2.16. The maximum absolute atomic E-state index is 11.8. The maximum Gasteiger partial charge on any atom is 0.331 e. The fourth-order valence-electron chi connectivity index (χ4n) is 1.51. The van der Waals surface area contributed by atoms with Crippen LogP contribution < -0.4 is 11.2 Å². The lowest BCUT2D eigenvalue weighted by molar-refractivity contribution is 0.415. The molecule has 2 rings (SSSR count). The Hall–Kier alpha value is -2.18. The molecule has 0 unspecified atom stereocenters. The van der Waals surface area contributed by atoms with E-state index in [1.165, 1.54) is 17.7 Å². The summed E-state index contributed by atoms with van der Waals surface area (Å²) in [5.41, 5.74) is -0.512. The van der Waals surface area contributed by atoms with Crippen LogP contribution in [0.25, 0.3) is 11.6 Å². The molecule has 0 bridgehead atoms. The molecule has 7 nitrogen and oxygen atoms in total. The summed E-state index contributed by atoms with van der Waals surface area (Å²) < 4.78 is 7.40. The lowest BCUT2D eigenvalue weighted by Gasteiger charge is -2.04. The molecular formula is C11H14N4O3. The minimum Gasteiger partial charge on any atom is -0.332 e. The van der Waals surface area contributed by atoms with Gasteiger partial charge in [-0.1, -0.05) is 19.0 Å². The van der Waals surface area contributed by atoms with Crippen molar-refractivity contribution in [3.05, 3.63) is 32.7 Å². The Morgan fingerprint density at radius 3 is 2.44 bits per heavy atom. The average Bonchev–Trinajstić information content (AvgIpc) is 2.80. The van der Waals surface area contributed by atoms with Crippen molar-refractivity contribution in [1.82, 2.24) is 19.3 Å². The Morgan fingerprint density at radius 1 is 1.22 bits per heavy atom. The molecule has 96 valence electrons. The number of rotatable bonds is 2. The summed E-state index contributed by atoms with van der Waals surface area (Å²) in [5, 5.41) is 3.80. The van der Waals surface area contributed by atoms with Crippen molar-refractivity contribution in [3.8, 4) is 11.6 Å². The molecule has 0 spiro atoms. The second-order valence-electron chi connectivity index (χ2n) is 4.38. The largest absolute Gasteiger partial charge is 0.332 e. The molecule has 0 aliphatic carbocycles. The van der Waals surface area contributed by atoms with Crippen LogP contribution in [0.15, 0.2) is 20.2 Å². The van der Waals surface area contributed by atoms with Gasteiger partial charge in [-0.05, 0) is 0 Å². The van der Waals surface area contributed by atoms with E-state index in [-0.39, 0.29) is 11.8 Å². The first-order chi connectivity index (χ1) is 8.41. The van der Waals surface area contributed by atoms with E-state index in [0.29, 0.717) is 11.5 Å². The van der Waals surface area contributed by atoms with Crippen molar-refractivity contribution in [2.45, 2.75) is 19.8 Å². The second kappa shape index (κ2) is 4.25. The van der Waals surface area contributed by atoms with Gasteiger partial charge in [0, 0.05) is 26.1 Å². The standard InChI is InChI=1S/C11H14N4O3/c1-6(2)9-12-10(18-13-9)7-5-8(16)15(4)11(17)14(7)3/h5-6H,1-4H3. The van der Waals surface area contributed by atoms with Gasteiger partial charge in [0.2, 0.25) is 0 Å². The van der Waals surface area contributed by atoms with Gasteiger partial charge in [0.25, 0.3) is 11.4 Å². The van der Waals surface area contributed by atoms with Crippen LogP contribution in [0.4, 0.5) is 0 Å². The van der Waals surface area contributed by atoms with E-state index in [1.54, 1.807) is 7.05 Å². The zero-order valence-electron chi connectivity index (χ0n) is 10.7. The smallest absolute Gasteiger partial charge is 0.331 e. The first-order valence-electron chi connectivity index (χ1n) is 5.53. The van der Waals surface area contributed by atoms with Crippen molar-refractivity contribution in [1.29, 1.82) is 0 Å². The lowest BCUT2D eigenvalue weighted by Crippen LogP contribution is -2.37. The number of hydrogen-bond acceptors (Lipinski definition) is 5. The van der Waals surface area contributed by atoms with Gasteiger partial charge < -0.3 is 4.52 Å². The topological polar surface area (TPSA) is 82.9 Å². The Morgan fingerprint density at radius 2 is 1.89 bits per heavy atom. The Balaban J connectivity index is 2.64. The van der Waals surface area contributed by atoms with Crippen molar-refractivity contribution >= 4 is 0 Å². The molecule has 7 heteroatoms. The molecule has 0 atom stereocenters. The summed E-state index contributed by atoms with van der Waals surface area (Å²) in [5.74, 6) is 0.834. The Bertz CT molecular complexity index is 693. The summed E-state index contributed by atoms with van der Waals surface area (Å²) in [6, 6.07) is 1.30. The molecule has 0 fully saturated rings. The number of aromatic nitrogens is 4. The van der Waals surface area contributed by atoms with E-state index >= 15 is 0 Å². The summed E-state index contributed by atoms with van der Waals surface area (Å²) in [6.07, 6.45) is 0. The minimum absolute atomic E-state index is 0.117. The zero-order valence-corrected chi connectivity index (χ0v) is 10.7. The van der Waals surface area contributed by atoms with E-state index in [1.807, 2.05) is 13.8 Å². The summed E-state index contributed by atoms with van der Waals surface area (Å²) >= 11 is 0. The summed E-state index contributed by atoms with van der Waals surface area (Å²) in [7, 11) is 2.97. The van der Waals surface area contributed by atoms with Gasteiger partial charge in [-0.3, -0.25) is 13.9 Å². The van der Waals surface area contributed by atoms with Gasteiger partial charge in [-0.25, -0.2) is 4.79 Å². The highest BCUT2D eigenvalue weighted by Crippen LogP contribution is 2.17. The van der Waals surface area contributed by atoms with Crippen LogP contribution in [-0.4, -0.2) is 19.3 Å². The molecule has 0 saturated carbocycles. The molecule has 0 N–H and O–H groups in total.